The lowest BCUT2D eigenvalue weighted by atomic mass is 9.92. The van der Waals surface area contributed by atoms with Gasteiger partial charge in [0, 0.05) is 12.8 Å². The highest BCUT2D eigenvalue weighted by molar-refractivity contribution is 5.90. The van der Waals surface area contributed by atoms with Gasteiger partial charge in [-0.05, 0) is 31.0 Å². The van der Waals surface area contributed by atoms with Gasteiger partial charge in [-0.2, -0.15) is 0 Å². The van der Waals surface area contributed by atoms with E-state index in [9.17, 15) is 4.79 Å². The molecule has 2 unspecified atom stereocenters. The summed E-state index contributed by atoms with van der Waals surface area (Å²) in [6, 6.07) is 7.72. The molecular weight excluding hydrogens is 242 g/mol. The Bertz CT molecular complexity index is 433. The van der Waals surface area contributed by atoms with Crippen LogP contribution in [0.4, 0.5) is 5.69 Å². The van der Waals surface area contributed by atoms with Crippen molar-refractivity contribution in [3.05, 3.63) is 29.8 Å². The molecule has 104 valence electrons. The van der Waals surface area contributed by atoms with Gasteiger partial charge in [0.15, 0.2) is 0 Å². The van der Waals surface area contributed by atoms with Crippen molar-refractivity contribution in [1.29, 1.82) is 0 Å². The lowest BCUT2D eigenvalue weighted by molar-refractivity contribution is 0.0600. The summed E-state index contributed by atoms with van der Waals surface area (Å²) in [5.74, 6) is -0.310. The largest absolute Gasteiger partial charge is 0.465 e. The molecule has 0 heterocycles. The third-order valence-electron chi connectivity index (χ3n) is 3.64. The Morgan fingerprint density at radius 3 is 2.79 bits per heavy atom. The number of ether oxygens (including phenoxy) is 2. The molecule has 0 saturated heterocycles. The smallest absolute Gasteiger partial charge is 0.337 e. The highest BCUT2D eigenvalue weighted by Gasteiger charge is 2.24. The first kappa shape index (κ1) is 13.9. The second kappa shape index (κ2) is 6.57. The minimum atomic E-state index is -0.310. The van der Waals surface area contributed by atoms with Gasteiger partial charge < -0.3 is 14.8 Å². The van der Waals surface area contributed by atoms with Crippen molar-refractivity contribution in [1.82, 2.24) is 0 Å². The van der Waals surface area contributed by atoms with E-state index in [0.717, 1.165) is 18.5 Å². The van der Waals surface area contributed by atoms with Crippen LogP contribution in [0.25, 0.3) is 0 Å². The molecule has 1 aliphatic rings. The lowest BCUT2D eigenvalue weighted by Crippen LogP contribution is -2.37. The fourth-order valence-corrected chi connectivity index (χ4v) is 2.61. The maximum Gasteiger partial charge on any atom is 0.337 e. The monoisotopic (exact) mass is 263 g/mol. The molecule has 1 saturated carbocycles. The van der Waals surface area contributed by atoms with E-state index in [2.05, 4.69) is 5.32 Å². The first-order valence-corrected chi connectivity index (χ1v) is 6.72. The SMILES string of the molecule is COC(=O)c1cccc(NC2CCCCC2OC)c1. The molecule has 2 rings (SSSR count). The summed E-state index contributed by atoms with van der Waals surface area (Å²) in [4.78, 5) is 11.5. The van der Waals surface area contributed by atoms with Crippen molar-refractivity contribution in [3.8, 4) is 0 Å². The van der Waals surface area contributed by atoms with Crippen LogP contribution in [0.1, 0.15) is 36.0 Å². The molecular formula is C15H21NO3. The van der Waals surface area contributed by atoms with Crippen LogP contribution in [0.3, 0.4) is 0 Å². The molecule has 4 nitrogen and oxygen atoms in total. The van der Waals surface area contributed by atoms with Crippen molar-refractivity contribution >= 4 is 11.7 Å². The van der Waals surface area contributed by atoms with Gasteiger partial charge in [0.1, 0.15) is 0 Å². The number of rotatable bonds is 4. The summed E-state index contributed by atoms with van der Waals surface area (Å²) >= 11 is 0. The average Bonchev–Trinajstić information content (AvgIpc) is 2.47. The second-order valence-corrected chi connectivity index (χ2v) is 4.88. The Balaban J connectivity index is 2.07. The summed E-state index contributed by atoms with van der Waals surface area (Å²) in [5, 5.41) is 3.47. The summed E-state index contributed by atoms with van der Waals surface area (Å²) in [7, 11) is 3.15. The van der Waals surface area contributed by atoms with E-state index < -0.39 is 0 Å². The first-order valence-electron chi connectivity index (χ1n) is 6.72. The van der Waals surface area contributed by atoms with Gasteiger partial charge >= 0.3 is 5.97 Å². The van der Waals surface area contributed by atoms with Crippen LogP contribution >= 0.6 is 0 Å². The molecule has 1 fully saturated rings. The molecule has 0 aromatic heterocycles. The number of methoxy groups -OCH3 is 2. The molecule has 0 bridgehead atoms. The zero-order chi connectivity index (χ0) is 13.7. The Morgan fingerprint density at radius 2 is 2.05 bits per heavy atom. The number of anilines is 1. The molecule has 2 atom stereocenters. The molecule has 0 amide bonds. The van der Waals surface area contributed by atoms with Crippen LogP contribution in [-0.2, 0) is 9.47 Å². The fourth-order valence-electron chi connectivity index (χ4n) is 2.61. The van der Waals surface area contributed by atoms with Crippen molar-refractivity contribution in [3.63, 3.8) is 0 Å². The van der Waals surface area contributed by atoms with Crippen molar-refractivity contribution in [2.45, 2.75) is 37.8 Å². The maximum atomic E-state index is 11.5. The summed E-state index contributed by atoms with van der Waals surface area (Å²) in [5.41, 5.74) is 1.51. The minimum absolute atomic E-state index is 0.246. The van der Waals surface area contributed by atoms with Gasteiger partial charge in [-0.1, -0.05) is 18.9 Å². The third-order valence-corrected chi connectivity index (χ3v) is 3.64. The van der Waals surface area contributed by atoms with E-state index in [-0.39, 0.29) is 12.1 Å². The van der Waals surface area contributed by atoms with Crippen LogP contribution in [0, 0.1) is 0 Å². The Kier molecular flexibility index (Phi) is 4.80. The van der Waals surface area contributed by atoms with Gasteiger partial charge in [0.2, 0.25) is 0 Å². The molecule has 19 heavy (non-hydrogen) atoms. The number of hydrogen-bond donors (Lipinski definition) is 1. The van der Waals surface area contributed by atoms with E-state index in [4.69, 9.17) is 9.47 Å². The van der Waals surface area contributed by atoms with E-state index in [0.29, 0.717) is 11.6 Å². The number of hydrogen-bond acceptors (Lipinski definition) is 4. The number of benzene rings is 1. The molecule has 0 aliphatic heterocycles. The predicted molar refractivity (Wildman–Crippen MR) is 74.5 cm³/mol. The molecule has 1 N–H and O–H groups in total. The second-order valence-electron chi connectivity index (χ2n) is 4.88. The highest BCUT2D eigenvalue weighted by atomic mass is 16.5. The van der Waals surface area contributed by atoms with Gasteiger partial charge in [-0.3, -0.25) is 0 Å². The van der Waals surface area contributed by atoms with Crippen molar-refractivity contribution in [2.24, 2.45) is 0 Å². The third kappa shape index (κ3) is 3.47. The van der Waals surface area contributed by atoms with Crippen LogP contribution < -0.4 is 5.32 Å². The van der Waals surface area contributed by atoms with Crippen LogP contribution in [0.2, 0.25) is 0 Å². The topological polar surface area (TPSA) is 47.6 Å². The van der Waals surface area contributed by atoms with E-state index in [1.165, 1.54) is 20.0 Å². The average molecular weight is 263 g/mol. The fraction of sp³-hybridized carbons (Fsp3) is 0.533. The van der Waals surface area contributed by atoms with Gasteiger partial charge in [0.05, 0.1) is 24.8 Å². The van der Waals surface area contributed by atoms with Crippen LogP contribution in [0.15, 0.2) is 24.3 Å². The van der Waals surface area contributed by atoms with Crippen molar-refractivity contribution in [2.75, 3.05) is 19.5 Å². The number of carbonyl (C=O) groups excluding carboxylic acids is 1. The van der Waals surface area contributed by atoms with Gasteiger partial charge in [-0.15, -0.1) is 0 Å². The Labute approximate surface area is 114 Å². The first-order chi connectivity index (χ1) is 9.24. The van der Waals surface area contributed by atoms with Gasteiger partial charge in [-0.25, -0.2) is 4.79 Å². The summed E-state index contributed by atoms with van der Waals surface area (Å²) < 4.78 is 10.3. The molecule has 1 aliphatic carbocycles. The number of nitrogens with one attached hydrogen (secondary N) is 1. The lowest BCUT2D eigenvalue weighted by Gasteiger charge is -2.31. The normalized spacial score (nSPS) is 22.8. The van der Waals surface area contributed by atoms with E-state index >= 15 is 0 Å². The molecule has 1 aromatic carbocycles. The zero-order valence-corrected chi connectivity index (χ0v) is 11.5. The van der Waals surface area contributed by atoms with E-state index in [1.54, 1.807) is 13.2 Å². The molecule has 1 aromatic rings. The quantitative estimate of drug-likeness (QED) is 0.849. The molecule has 0 radical (unpaired) electrons. The number of esters is 1. The molecule has 0 spiro atoms. The van der Waals surface area contributed by atoms with E-state index in [1.807, 2.05) is 18.2 Å². The summed E-state index contributed by atoms with van der Waals surface area (Å²) in [6.07, 6.45) is 4.87. The maximum absolute atomic E-state index is 11.5. The Morgan fingerprint density at radius 1 is 1.26 bits per heavy atom. The van der Waals surface area contributed by atoms with Gasteiger partial charge in [0.25, 0.3) is 0 Å². The zero-order valence-electron chi connectivity index (χ0n) is 11.5. The standard InChI is InChI=1S/C15H21NO3/c1-18-14-9-4-3-8-13(14)16-12-7-5-6-11(10-12)15(17)19-2/h5-7,10,13-14,16H,3-4,8-9H2,1-2H3. The van der Waals surface area contributed by atoms with Crippen LogP contribution in [-0.4, -0.2) is 32.3 Å². The number of carbonyl (C=O) groups is 1. The van der Waals surface area contributed by atoms with Crippen molar-refractivity contribution < 1.29 is 14.3 Å². The predicted octanol–water partition coefficient (Wildman–Crippen LogP) is 2.84. The Hall–Kier alpha value is -1.55. The minimum Gasteiger partial charge on any atom is -0.465 e. The van der Waals surface area contributed by atoms with Crippen LogP contribution in [0.5, 0.6) is 0 Å². The summed E-state index contributed by atoms with van der Waals surface area (Å²) in [6.45, 7) is 0. The molecule has 4 heteroatoms. The highest BCUT2D eigenvalue weighted by Crippen LogP contribution is 2.24.